The molecule has 0 aliphatic carbocycles. The number of nitriles is 1. The number of carboxylic acids is 1. The molecule has 0 unspecified atom stereocenters. The van der Waals surface area contributed by atoms with E-state index < -0.39 is 24.3 Å². The Hall–Kier alpha value is -6.30. The largest absolute Gasteiger partial charge is 0.480 e. The first-order valence-electron chi connectivity index (χ1n) is 15.1. The van der Waals surface area contributed by atoms with E-state index in [1.165, 1.54) is 18.3 Å². The van der Waals surface area contributed by atoms with E-state index in [4.69, 9.17) is 0 Å². The van der Waals surface area contributed by atoms with Crippen molar-refractivity contribution < 1.29 is 19.5 Å². The highest BCUT2D eigenvalue weighted by atomic mass is 32.1. The summed E-state index contributed by atoms with van der Waals surface area (Å²) in [6.45, 7) is 4.54. The summed E-state index contributed by atoms with van der Waals surface area (Å²) in [6.07, 6.45) is 3.44. The lowest BCUT2D eigenvalue weighted by atomic mass is 9.95. The lowest BCUT2D eigenvalue weighted by molar-refractivity contribution is -0.149. The Bertz CT molecular complexity index is 2140. The van der Waals surface area contributed by atoms with E-state index in [2.05, 4.69) is 84.3 Å². The van der Waals surface area contributed by atoms with Crippen molar-refractivity contribution in [3.8, 4) is 27.6 Å². The number of rotatable bonds is 9. The fourth-order valence-corrected chi connectivity index (χ4v) is 6.51. The topological polar surface area (TPSA) is 102 Å². The molecule has 0 bridgehead atoms. The number of benzene rings is 4. The molecule has 8 heteroatoms. The molecule has 1 N–H and O–H groups in total. The second-order valence-corrected chi connectivity index (χ2v) is 12.2. The van der Waals surface area contributed by atoms with Crippen LogP contribution in [-0.4, -0.2) is 34.3 Å². The van der Waals surface area contributed by atoms with Crippen LogP contribution in [0.3, 0.4) is 0 Å². The summed E-state index contributed by atoms with van der Waals surface area (Å²) in [5.74, 6) is -2.98. The SMILES string of the molecule is C=Cc1ccc(-c2ccc(N(c3ccccc3)c3ccc(-c4ccc(/C=C5\C(=O)N(CC(=O)O)C(=O)C(C#N)=C5C)s4)cc3)cc2)cc1. The van der Waals surface area contributed by atoms with Gasteiger partial charge in [-0.25, -0.2) is 0 Å². The summed E-state index contributed by atoms with van der Waals surface area (Å²) in [5.41, 5.74) is 7.42. The molecule has 0 saturated heterocycles. The summed E-state index contributed by atoms with van der Waals surface area (Å²) in [5, 5.41) is 18.8. The van der Waals surface area contributed by atoms with Crippen molar-refractivity contribution in [2.75, 3.05) is 11.4 Å². The van der Waals surface area contributed by atoms with Crippen molar-refractivity contribution in [1.29, 1.82) is 5.26 Å². The Morgan fingerprint density at radius 1 is 0.812 bits per heavy atom. The van der Waals surface area contributed by atoms with Crippen molar-refractivity contribution in [3.05, 3.63) is 149 Å². The third kappa shape index (κ3) is 6.36. The number of para-hydroxylation sites is 1. The van der Waals surface area contributed by atoms with Crippen LogP contribution in [0.25, 0.3) is 33.7 Å². The van der Waals surface area contributed by atoms with Crippen molar-refractivity contribution >= 4 is 58.3 Å². The van der Waals surface area contributed by atoms with Gasteiger partial charge in [0.2, 0.25) is 0 Å². The molecule has 0 spiro atoms. The van der Waals surface area contributed by atoms with Gasteiger partial charge in [-0.2, -0.15) is 5.26 Å². The van der Waals surface area contributed by atoms with Crippen molar-refractivity contribution in [3.63, 3.8) is 0 Å². The van der Waals surface area contributed by atoms with Crippen molar-refractivity contribution in [1.82, 2.24) is 4.90 Å². The maximum atomic E-state index is 13.1. The van der Waals surface area contributed by atoms with Crippen LogP contribution in [0.2, 0.25) is 0 Å². The number of carbonyl (C=O) groups excluding carboxylic acids is 2. The molecule has 0 fully saturated rings. The third-order valence-corrected chi connectivity index (χ3v) is 9.14. The van der Waals surface area contributed by atoms with E-state index in [0.29, 0.717) is 4.90 Å². The van der Waals surface area contributed by atoms with E-state index in [1.54, 1.807) is 6.08 Å². The Kier molecular flexibility index (Phi) is 8.97. The quantitative estimate of drug-likeness (QED) is 0.127. The van der Waals surface area contributed by atoms with Crippen LogP contribution in [0.1, 0.15) is 17.4 Å². The molecule has 1 aliphatic rings. The van der Waals surface area contributed by atoms with Gasteiger partial charge in [-0.1, -0.05) is 79.4 Å². The van der Waals surface area contributed by atoms with Crippen LogP contribution >= 0.6 is 11.3 Å². The maximum Gasteiger partial charge on any atom is 0.323 e. The number of hydrogen-bond donors (Lipinski definition) is 1. The van der Waals surface area contributed by atoms with Gasteiger partial charge in [0, 0.05) is 32.4 Å². The highest BCUT2D eigenvalue weighted by Crippen LogP contribution is 2.38. The number of hydrogen-bond acceptors (Lipinski definition) is 6. The average molecular weight is 648 g/mol. The normalized spacial score (nSPS) is 13.8. The highest BCUT2D eigenvalue weighted by Gasteiger charge is 2.36. The second kappa shape index (κ2) is 13.6. The van der Waals surface area contributed by atoms with Gasteiger partial charge >= 0.3 is 5.97 Å². The summed E-state index contributed by atoms with van der Waals surface area (Å²) in [4.78, 5) is 41.5. The van der Waals surface area contributed by atoms with Crippen molar-refractivity contribution in [2.24, 2.45) is 0 Å². The highest BCUT2D eigenvalue weighted by molar-refractivity contribution is 7.16. The van der Waals surface area contributed by atoms with Gasteiger partial charge in [0.25, 0.3) is 11.8 Å². The summed E-state index contributed by atoms with van der Waals surface area (Å²) in [7, 11) is 0. The van der Waals surface area contributed by atoms with Crippen LogP contribution in [0.15, 0.2) is 139 Å². The zero-order chi connectivity index (χ0) is 33.8. The fourth-order valence-electron chi connectivity index (χ4n) is 5.55. The molecule has 0 saturated carbocycles. The predicted octanol–water partition coefficient (Wildman–Crippen LogP) is 8.87. The van der Waals surface area contributed by atoms with Crippen LogP contribution in [0.5, 0.6) is 0 Å². The second-order valence-electron chi connectivity index (χ2n) is 11.1. The molecule has 6 rings (SSSR count). The molecule has 2 amide bonds. The van der Waals surface area contributed by atoms with E-state index in [-0.39, 0.29) is 16.7 Å². The molecule has 4 aromatic carbocycles. The zero-order valence-corrected chi connectivity index (χ0v) is 26.8. The third-order valence-electron chi connectivity index (χ3n) is 8.06. The van der Waals surface area contributed by atoms with Gasteiger partial charge in [0.15, 0.2) is 0 Å². The van der Waals surface area contributed by atoms with Crippen LogP contribution in [0, 0.1) is 11.3 Å². The Morgan fingerprint density at radius 2 is 1.38 bits per heavy atom. The predicted molar refractivity (Wildman–Crippen MR) is 191 cm³/mol. The van der Waals surface area contributed by atoms with E-state index >= 15 is 0 Å². The zero-order valence-electron chi connectivity index (χ0n) is 26.0. The van der Waals surface area contributed by atoms with E-state index in [1.807, 2.05) is 54.6 Å². The smallest absolute Gasteiger partial charge is 0.323 e. The molecule has 0 radical (unpaired) electrons. The molecule has 48 heavy (non-hydrogen) atoms. The van der Waals surface area contributed by atoms with Gasteiger partial charge in [0.05, 0.1) is 0 Å². The molecular weight excluding hydrogens is 619 g/mol. The number of nitrogens with zero attached hydrogens (tertiary/aromatic N) is 3. The van der Waals surface area contributed by atoms with E-state index in [0.717, 1.165) is 49.1 Å². The number of carbonyl (C=O) groups is 3. The number of aliphatic carboxylic acids is 1. The lowest BCUT2D eigenvalue weighted by Crippen LogP contribution is -2.45. The average Bonchev–Trinajstić information content (AvgIpc) is 3.59. The molecule has 5 aromatic rings. The van der Waals surface area contributed by atoms with Gasteiger partial charge in [-0.3, -0.25) is 19.3 Å². The molecule has 2 heterocycles. The van der Waals surface area contributed by atoms with Gasteiger partial charge < -0.3 is 10.0 Å². The molecule has 0 atom stereocenters. The first kappa shape index (κ1) is 31.7. The van der Waals surface area contributed by atoms with Gasteiger partial charge in [-0.15, -0.1) is 11.3 Å². The Morgan fingerprint density at radius 3 is 1.94 bits per heavy atom. The molecule has 1 aromatic heterocycles. The van der Waals surface area contributed by atoms with Crippen LogP contribution < -0.4 is 4.90 Å². The number of amides is 2. The summed E-state index contributed by atoms with van der Waals surface area (Å²) in [6, 6.07) is 40.8. The van der Waals surface area contributed by atoms with Gasteiger partial charge in [0.1, 0.15) is 18.2 Å². The number of carboxylic acid groups (broad SMARTS) is 1. The minimum atomic E-state index is -1.34. The standard InChI is InChI=1S/C40H29N3O4S/c1-3-27-9-11-28(12-10-27)29-13-17-32(18-14-29)43(31-7-5-4-6-8-31)33-19-15-30(16-20-33)37-22-21-34(48-37)23-35-26(2)36(24-41)40(47)42(39(35)46)25-38(44)45/h3-23H,1,25H2,2H3,(H,44,45)/b35-23-. The first-order chi connectivity index (χ1) is 23.3. The molecule has 234 valence electrons. The van der Waals surface area contributed by atoms with Gasteiger partial charge in [-0.05, 0) is 89.4 Å². The number of imide groups is 1. The lowest BCUT2D eigenvalue weighted by Gasteiger charge is -2.26. The molecular formula is C40H29N3O4S. The number of anilines is 3. The summed E-state index contributed by atoms with van der Waals surface area (Å²) >= 11 is 1.44. The Balaban J connectivity index is 1.29. The monoisotopic (exact) mass is 647 g/mol. The first-order valence-corrected chi connectivity index (χ1v) is 15.9. The maximum absolute atomic E-state index is 13.1. The van der Waals surface area contributed by atoms with Crippen LogP contribution in [0.4, 0.5) is 17.1 Å². The Labute approximate surface area is 282 Å². The van der Waals surface area contributed by atoms with Crippen molar-refractivity contribution in [2.45, 2.75) is 6.92 Å². The summed E-state index contributed by atoms with van der Waals surface area (Å²) < 4.78 is 0. The minimum absolute atomic E-state index is 0.120. The number of thiophene rings is 1. The minimum Gasteiger partial charge on any atom is -0.480 e. The van der Waals surface area contributed by atoms with Crippen LogP contribution in [-0.2, 0) is 14.4 Å². The fraction of sp³-hybridized carbons (Fsp3) is 0.0500. The molecule has 1 aliphatic heterocycles. The van der Waals surface area contributed by atoms with E-state index in [9.17, 15) is 24.8 Å². The molecule has 7 nitrogen and oxygen atoms in total.